The molecule has 12 heavy (non-hydrogen) atoms. The SMILES string of the molecule is Cc1nc2n(c1C)CC(=O)CN2. The van der Waals surface area contributed by atoms with Gasteiger partial charge in [0.25, 0.3) is 0 Å². The molecule has 0 bridgehead atoms. The largest absolute Gasteiger partial charge is 0.348 e. The molecule has 1 aliphatic heterocycles. The standard InChI is InChI=1S/C8H11N3O/c1-5-6(2)11-4-7(12)3-9-8(11)10-5/h3-4H2,1-2H3,(H,9,10). The van der Waals surface area contributed by atoms with E-state index in [9.17, 15) is 4.79 Å². The molecule has 64 valence electrons. The normalized spacial score (nSPS) is 15.7. The van der Waals surface area contributed by atoms with Crippen LogP contribution >= 0.6 is 0 Å². The number of fused-ring (bicyclic) bond motifs is 1. The first-order valence-corrected chi connectivity index (χ1v) is 3.98. The van der Waals surface area contributed by atoms with Crippen molar-refractivity contribution in [3.8, 4) is 0 Å². The second-order valence-electron chi connectivity index (χ2n) is 3.08. The molecule has 0 radical (unpaired) electrons. The summed E-state index contributed by atoms with van der Waals surface area (Å²) >= 11 is 0. The van der Waals surface area contributed by atoms with Crippen LogP contribution in [0.25, 0.3) is 0 Å². The van der Waals surface area contributed by atoms with Crippen LogP contribution in [0.1, 0.15) is 11.4 Å². The van der Waals surface area contributed by atoms with E-state index in [1.807, 2.05) is 18.4 Å². The highest BCUT2D eigenvalue weighted by Crippen LogP contribution is 2.16. The number of carbonyl (C=O) groups excluding carboxylic acids is 1. The van der Waals surface area contributed by atoms with E-state index >= 15 is 0 Å². The number of carbonyl (C=O) groups is 1. The van der Waals surface area contributed by atoms with Crippen LogP contribution in [-0.4, -0.2) is 21.9 Å². The second-order valence-corrected chi connectivity index (χ2v) is 3.08. The molecule has 0 atom stereocenters. The quantitative estimate of drug-likeness (QED) is 0.608. The third kappa shape index (κ3) is 0.913. The van der Waals surface area contributed by atoms with Crippen molar-refractivity contribution in [2.45, 2.75) is 20.4 Å². The molecule has 0 saturated carbocycles. The fraction of sp³-hybridized carbons (Fsp3) is 0.500. The van der Waals surface area contributed by atoms with Crippen molar-refractivity contribution in [2.75, 3.05) is 11.9 Å². The highest BCUT2D eigenvalue weighted by molar-refractivity contribution is 5.84. The Kier molecular flexibility index (Phi) is 1.43. The average Bonchev–Trinajstić information content (AvgIpc) is 2.31. The topological polar surface area (TPSA) is 46.9 Å². The van der Waals surface area contributed by atoms with Crippen molar-refractivity contribution in [3.05, 3.63) is 11.4 Å². The van der Waals surface area contributed by atoms with Gasteiger partial charge in [-0.15, -0.1) is 0 Å². The van der Waals surface area contributed by atoms with Crippen molar-refractivity contribution < 1.29 is 4.79 Å². The van der Waals surface area contributed by atoms with E-state index in [2.05, 4.69) is 10.3 Å². The van der Waals surface area contributed by atoms with E-state index < -0.39 is 0 Å². The summed E-state index contributed by atoms with van der Waals surface area (Å²) in [6, 6.07) is 0. The molecular formula is C8H11N3O. The minimum Gasteiger partial charge on any atom is -0.348 e. The van der Waals surface area contributed by atoms with Gasteiger partial charge >= 0.3 is 0 Å². The molecule has 0 aliphatic carbocycles. The Morgan fingerprint density at radius 2 is 2.25 bits per heavy atom. The van der Waals surface area contributed by atoms with Gasteiger partial charge in [0.15, 0.2) is 5.78 Å². The number of ketones is 1. The van der Waals surface area contributed by atoms with E-state index in [4.69, 9.17) is 0 Å². The molecule has 0 spiro atoms. The van der Waals surface area contributed by atoms with E-state index in [1.54, 1.807) is 0 Å². The molecule has 1 N–H and O–H groups in total. The number of Topliss-reactive ketones (excluding diaryl/α,β-unsaturated/α-hetero) is 1. The number of aromatic nitrogens is 2. The zero-order valence-corrected chi connectivity index (χ0v) is 7.22. The highest BCUT2D eigenvalue weighted by atomic mass is 16.1. The van der Waals surface area contributed by atoms with Gasteiger partial charge in [-0.25, -0.2) is 4.98 Å². The summed E-state index contributed by atoms with van der Waals surface area (Å²) in [5.41, 5.74) is 2.07. The average molecular weight is 165 g/mol. The van der Waals surface area contributed by atoms with Crippen molar-refractivity contribution in [2.24, 2.45) is 0 Å². The van der Waals surface area contributed by atoms with Gasteiger partial charge in [-0.1, -0.05) is 0 Å². The Morgan fingerprint density at radius 3 is 3.00 bits per heavy atom. The van der Waals surface area contributed by atoms with Crippen molar-refractivity contribution in [1.29, 1.82) is 0 Å². The van der Waals surface area contributed by atoms with Gasteiger partial charge in [0.05, 0.1) is 18.8 Å². The lowest BCUT2D eigenvalue weighted by atomic mass is 10.3. The molecule has 4 heteroatoms. The molecule has 1 aromatic rings. The Bertz CT molecular complexity index is 340. The minimum absolute atomic E-state index is 0.211. The number of hydrogen-bond donors (Lipinski definition) is 1. The Balaban J connectivity index is 2.50. The van der Waals surface area contributed by atoms with Crippen LogP contribution in [0.5, 0.6) is 0 Å². The minimum atomic E-state index is 0.211. The lowest BCUT2D eigenvalue weighted by molar-refractivity contribution is -0.118. The summed E-state index contributed by atoms with van der Waals surface area (Å²) < 4.78 is 1.92. The van der Waals surface area contributed by atoms with Crippen LogP contribution in [0.3, 0.4) is 0 Å². The van der Waals surface area contributed by atoms with Gasteiger partial charge in [0.2, 0.25) is 5.95 Å². The molecule has 0 unspecified atom stereocenters. The fourth-order valence-electron chi connectivity index (χ4n) is 1.39. The molecular weight excluding hydrogens is 154 g/mol. The smallest absolute Gasteiger partial charge is 0.204 e. The third-order valence-electron chi connectivity index (χ3n) is 2.24. The van der Waals surface area contributed by atoms with Crippen molar-refractivity contribution >= 4 is 11.7 Å². The monoisotopic (exact) mass is 165 g/mol. The zero-order chi connectivity index (χ0) is 8.72. The van der Waals surface area contributed by atoms with Gasteiger partial charge in [0, 0.05) is 5.69 Å². The van der Waals surface area contributed by atoms with Gasteiger partial charge in [-0.2, -0.15) is 0 Å². The molecule has 0 aromatic carbocycles. The maximum absolute atomic E-state index is 11.1. The Hall–Kier alpha value is -1.32. The molecule has 1 aliphatic rings. The first kappa shape index (κ1) is 7.34. The number of aryl methyl sites for hydroxylation is 1. The number of nitrogens with one attached hydrogen (secondary N) is 1. The molecule has 0 fully saturated rings. The van der Waals surface area contributed by atoms with Crippen LogP contribution in [0.15, 0.2) is 0 Å². The number of rotatable bonds is 0. The maximum Gasteiger partial charge on any atom is 0.204 e. The molecule has 4 nitrogen and oxygen atoms in total. The number of anilines is 1. The second kappa shape index (κ2) is 2.33. The lowest BCUT2D eigenvalue weighted by Gasteiger charge is -2.15. The highest BCUT2D eigenvalue weighted by Gasteiger charge is 2.18. The summed E-state index contributed by atoms with van der Waals surface area (Å²) in [7, 11) is 0. The molecule has 0 saturated heterocycles. The predicted molar refractivity (Wildman–Crippen MR) is 45.2 cm³/mol. The van der Waals surface area contributed by atoms with E-state index in [1.165, 1.54) is 0 Å². The van der Waals surface area contributed by atoms with Crippen molar-refractivity contribution in [1.82, 2.24) is 9.55 Å². The van der Waals surface area contributed by atoms with Crippen molar-refractivity contribution in [3.63, 3.8) is 0 Å². The summed E-state index contributed by atoms with van der Waals surface area (Å²) in [5.74, 6) is 1.03. The summed E-state index contributed by atoms with van der Waals surface area (Å²) in [6.07, 6.45) is 0. The number of hydrogen-bond acceptors (Lipinski definition) is 3. The van der Waals surface area contributed by atoms with Gasteiger partial charge in [-0.05, 0) is 13.8 Å². The predicted octanol–water partition coefficient (Wildman–Crippen LogP) is 0.495. The van der Waals surface area contributed by atoms with E-state index in [0.29, 0.717) is 13.1 Å². The first-order valence-electron chi connectivity index (χ1n) is 3.98. The Labute approximate surface area is 70.6 Å². The zero-order valence-electron chi connectivity index (χ0n) is 7.22. The van der Waals surface area contributed by atoms with Crippen LogP contribution < -0.4 is 5.32 Å². The number of nitrogens with zero attached hydrogens (tertiary/aromatic N) is 2. The lowest BCUT2D eigenvalue weighted by Crippen LogP contribution is -2.27. The van der Waals surface area contributed by atoms with Crippen LogP contribution in [0.2, 0.25) is 0 Å². The maximum atomic E-state index is 11.1. The number of imidazole rings is 1. The third-order valence-corrected chi connectivity index (χ3v) is 2.24. The van der Waals surface area contributed by atoms with Gasteiger partial charge < -0.3 is 9.88 Å². The van der Waals surface area contributed by atoms with Crippen LogP contribution in [-0.2, 0) is 11.3 Å². The van der Waals surface area contributed by atoms with E-state index in [0.717, 1.165) is 17.3 Å². The first-order chi connectivity index (χ1) is 5.68. The molecule has 0 amide bonds. The molecule has 1 aromatic heterocycles. The van der Waals surface area contributed by atoms with Gasteiger partial charge in [-0.3, -0.25) is 4.79 Å². The summed E-state index contributed by atoms with van der Waals surface area (Å²) in [5, 5.41) is 2.98. The summed E-state index contributed by atoms with van der Waals surface area (Å²) in [4.78, 5) is 15.4. The molecule has 2 rings (SSSR count). The molecule has 2 heterocycles. The van der Waals surface area contributed by atoms with Crippen LogP contribution in [0.4, 0.5) is 5.95 Å². The Morgan fingerprint density at radius 1 is 1.50 bits per heavy atom. The van der Waals surface area contributed by atoms with Crippen LogP contribution in [0, 0.1) is 13.8 Å². The summed E-state index contributed by atoms with van der Waals surface area (Å²) in [6.45, 7) is 4.81. The fourth-order valence-corrected chi connectivity index (χ4v) is 1.39. The van der Waals surface area contributed by atoms with E-state index in [-0.39, 0.29) is 5.78 Å². The van der Waals surface area contributed by atoms with Gasteiger partial charge in [0.1, 0.15) is 0 Å².